The molecule has 0 saturated carbocycles. The summed E-state index contributed by atoms with van der Waals surface area (Å²) in [7, 11) is 7.45. The van der Waals surface area contributed by atoms with E-state index in [0.29, 0.717) is 24.3 Å². The van der Waals surface area contributed by atoms with Gasteiger partial charge in [0.2, 0.25) is 0 Å². The van der Waals surface area contributed by atoms with E-state index in [9.17, 15) is 18.0 Å². The van der Waals surface area contributed by atoms with E-state index in [1.807, 2.05) is 56.8 Å². The lowest BCUT2D eigenvalue weighted by Gasteiger charge is -2.23. The molecule has 39 heavy (non-hydrogen) atoms. The lowest BCUT2D eigenvalue weighted by molar-refractivity contribution is -0.274. The minimum absolute atomic E-state index is 0.187. The normalized spacial score (nSPS) is 11.7. The van der Waals surface area contributed by atoms with Crippen LogP contribution in [0.5, 0.6) is 5.75 Å². The molecule has 0 spiro atoms. The van der Waals surface area contributed by atoms with Crippen molar-refractivity contribution in [2.75, 3.05) is 44.4 Å². The van der Waals surface area contributed by atoms with Crippen LogP contribution in [-0.2, 0) is 7.05 Å². The highest BCUT2D eigenvalue weighted by atomic mass is 19.4. The van der Waals surface area contributed by atoms with Crippen molar-refractivity contribution < 1.29 is 22.7 Å². The number of anilines is 2. The Bertz CT molecular complexity index is 1450. The summed E-state index contributed by atoms with van der Waals surface area (Å²) in [6, 6.07) is 9.29. The second-order valence-corrected chi connectivity index (χ2v) is 9.74. The molecule has 0 fully saturated rings. The van der Waals surface area contributed by atoms with E-state index in [4.69, 9.17) is 0 Å². The fourth-order valence-electron chi connectivity index (χ4n) is 4.04. The molecule has 0 aliphatic carbocycles. The van der Waals surface area contributed by atoms with Crippen molar-refractivity contribution >= 4 is 17.3 Å². The first-order valence-electron chi connectivity index (χ1n) is 12.3. The second kappa shape index (κ2) is 10.9. The van der Waals surface area contributed by atoms with Gasteiger partial charge in [-0.05, 0) is 51.7 Å². The quantitative estimate of drug-likeness (QED) is 0.312. The summed E-state index contributed by atoms with van der Waals surface area (Å²) >= 11 is 0. The minimum atomic E-state index is -4.86. The van der Waals surface area contributed by atoms with Crippen LogP contribution in [0.15, 0.2) is 48.8 Å². The number of hydrogen-bond acceptors (Lipinski definition) is 5. The number of halogens is 3. The molecule has 0 saturated heterocycles. The number of aromatic nitrogens is 4. The number of nitrogens with one attached hydrogen (secondary N) is 2. The Kier molecular flexibility index (Phi) is 7.77. The number of aryl methyl sites for hydroxylation is 2. The molecule has 2 aromatic heterocycles. The first-order valence-corrected chi connectivity index (χ1v) is 12.3. The third kappa shape index (κ3) is 6.63. The number of carbonyl (C=O) groups excluding carboxylic acids is 1. The van der Waals surface area contributed by atoms with Crippen LogP contribution in [0.2, 0.25) is 0 Å². The highest BCUT2D eigenvalue weighted by Gasteiger charge is 2.31. The van der Waals surface area contributed by atoms with Crippen LogP contribution in [-0.4, -0.2) is 71.0 Å². The summed E-state index contributed by atoms with van der Waals surface area (Å²) in [6.07, 6.45) is -1.16. The van der Waals surface area contributed by atoms with E-state index in [1.165, 1.54) is 6.07 Å². The molecular weight excluding hydrogens is 511 g/mol. The maximum atomic E-state index is 13.2. The van der Waals surface area contributed by atoms with Crippen LogP contribution in [0.1, 0.15) is 21.6 Å². The van der Waals surface area contributed by atoms with Gasteiger partial charge in [-0.2, -0.15) is 5.10 Å². The average Bonchev–Trinajstić information content (AvgIpc) is 3.14. The third-order valence-electron chi connectivity index (χ3n) is 6.46. The van der Waals surface area contributed by atoms with E-state index < -0.39 is 18.0 Å². The number of rotatable bonds is 9. The maximum Gasteiger partial charge on any atom is 0.573 e. The average molecular weight is 544 g/mol. The number of H-pyrrole nitrogens is 1. The van der Waals surface area contributed by atoms with E-state index in [0.717, 1.165) is 34.3 Å². The van der Waals surface area contributed by atoms with E-state index in [-0.39, 0.29) is 5.69 Å². The van der Waals surface area contributed by atoms with Gasteiger partial charge in [-0.3, -0.25) is 19.3 Å². The molecule has 4 aromatic rings. The molecule has 9 nitrogen and oxygen atoms in total. The Morgan fingerprint density at radius 3 is 2.44 bits per heavy atom. The van der Waals surface area contributed by atoms with Crippen molar-refractivity contribution in [2.24, 2.45) is 7.05 Å². The van der Waals surface area contributed by atoms with Crippen LogP contribution < -0.4 is 15.0 Å². The minimum Gasteiger partial charge on any atom is -0.406 e. The molecule has 0 radical (unpaired) electrons. The first kappa shape index (κ1) is 27.8. The van der Waals surface area contributed by atoms with Crippen molar-refractivity contribution in [3.05, 3.63) is 65.6 Å². The van der Waals surface area contributed by atoms with Gasteiger partial charge < -0.3 is 19.9 Å². The lowest BCUT2D eigenvalue weighted by atomic mass is 10.1. The standard InChI is InChI=1S/C27H32F3N7O2/c1-17-7-8-19(11-25(17)37-16-24(33-37)23-15-31-36(6)18(23)2)26(38)32-20-12-21(35(5)10-9-34(3)4)14-22(13-20)39-27(28,29)30/h7-8,11-16,33H,9-10H2,1-6H3,(H,32,38). The number of alkyl halides is 3. The Morgan fingerprint density at radius 1 is 1.10 bits per heavy atom. The highest BCUT2D eigenvalue weighted by molar-refractivity contribution is 6.05. The molecule has 208 valence electrons. The van der Waals surface area contributed by atoms with E-state index >= 15 is 0 Å². The van der Waals surface area contributed by atoms with Gasteiger partial charge in [-0.25, -0.2) is 0 Å². The largest absolute Gasteiger partial charge is 0.573 e. The maximum absolute atomic E-state index is 13.2. The molecule has 4 rings (SSSR count). The number of ether oxygens (including phenoxy) is 1. The number of benzene rings is 2. The van der Waals surface area contributed by atoms with Gasteiger partial charge in [-0.1, -0.05) is 6.07 Å². The van der Waals surface area contributed by atoms with Crippen LogP contribution >= 0.6 is 0 Å². The van der Waals surface area contributed by atoms with Gasteiger partial charge in [0.05, 0.1) is 23.8 Å². The monoisotopic (exact) mass is 543 g/mol. The Hall–Kier alpha value is -4.19. The van der Waals surface area contributed by atoms with Crippen LogP contribution in [0.3, 0.4) is 0 Å². The van der Waals surface area contributed by atoms with Gasteiger partial charge in [0.1, 0.15) is 5.75 Å². The van der Waals surface area contributed by atoms with Gasteiger partial charge in [0, 0.05) is 67.5 Å². The Morgan fingerprint density at radius 2 is 1.82 bits per heavy atom. The highest BCUT2D eigenvalue weighted by Crippen LogP contribution is 2.31. The fourth-order valence-corrected chi connectivity index (χ4v) is 4.04. The molecule has 2 aromatic carbocycles. The molecule has 2 heterocycles. The third-order valence-corrected chi connectivity index (χ3v) is 6.46. The molecule has 0 aliphatic heterocycles. The van der Waals surface area contributed by atoms with E-state index in [1.54, 1.807) is 41.0 Å². The zero-order valence-electron chi connectivity index (χ0n) is 22.7. The smallest absolute Gasteiger partial charge is 0.406 e. The number of likely N-dealkylation sites (N-methyl/N-ethyl adjacent to an activating group) is 2. The van der Waals surface area contributed by atoms with Crippen molar-refractivity contribution in [3.63, 3.8) is 0 Å². The summed E-state index contributed by atoms with van der Waals surface area (Å²) in [5.41, 5.74) is 5.62. The Balaban J connectivity index is 1.57. The summed E-state index contributed by atoms with van der Waals surface area (Å²) in [6.45, 7) is 5.15. The fraction of sp³-hybridized carbons (Fsp3) is 0.333. The van der Waals surface area contributed by atoms with Crippen LogP contribution in [0.25, 0.3) is 16.9 Å². The van der Waals surface area contributed by atoms with Crippen molar-refractivity contribution in [2.45, 2.75) is 20.2 Å². The summed E-state index contributed by atoms with van der Waals surface area (Å²) in [5.74, 6) is -0.875. The predicted molar refractivity (Wildman–Crippen MR) is 145 cm³/mol. The summed E-state index contributed by atoms with van der Waals surface area (Å²) in [5, 5.41) is 10.3. The number of aromatic amines is 1. The molecule has 0 aliphatic rings. The number of hydrogen-bond donors (Lipinski definition) is 2. The number of carbonyl (C=O) groups is 1. The summed E-state index contributed by atoms with van der Waals surface area (Å²) < 4.78 is 46.8. The van der Waals surface area contributed by atoms with Crippen LogP contribution in [0.4, 0.5) is 24.5 Å². The zero-order chi connectivity index (χ0) is 28.5. The number of amides is 1. The molecule has 0 bridgehead atoms. The lowest BCUT2D eigenvalue weighted by Crippen LogP contribution is -2.28. The second-order valence-electron chi connectivity index (χ2n) is 9.74. The molecule has 2 N–H and O–H groups in total. The topological polar surface area (TPSA) is 83.3 Å². The van der Waals surface area contributed by atoms with Crippen molar-refractivity contribution in [3.8, 4) is 22.7 Å². The van der Waals surface area contributed by atoms with Gasteiger partial charge in [0.15, 0.2) is 0 Å². The zero-order valence-corrected chi connectivity index (χ0v) is 22.7. The molecule has 0 unspecified atom stereocenters. The molecule has 1 amide bonds. The Labute approximate surface area is 224 Å². The number of nitrogens with zero attached hydrogens (tertiary/aromatic N) is 5. The van der Waals surface area contributed by atoms with Crippen molar-refractivity contribution in [1.29, 1.82) is 0 Å². The van der Waals surface area contributed by atoms with Gasteiger partial charge >= 0.3 is 6.36 Å². The predicted octanol–water partition coefficient (Wildman–Crippen LogP) is 4.97. The van der Waals surface area contributed by atoms with Crippen molar-refractivity contribution in [1.82, 2.24) is 24.5 Å². The first-order chi connectivity index (χ1) is 18.3. The van der Waals surface area contributed by atoms with Gasteiger partial charge in [-0.15, -0.1) is 13.2 Å². The molecule has 12 heteroatoms. The molecular formula is C27H32F3N7O2. The van der Waals surface area contributed by atoms with Crippen LogP contribution in [0, 0.1) is 13.8 Å². The molecule has 0 atom stereocenters. The summed E-state index contributed by atoms with van der Waals surface area (Å²) in [4.78, 5) is 16.9. The van der Waals surface area contributed by atoms with Gasteiger partial charge in [0.25, 0.3) is 5.91 Å². The SMILES string of the molecule is Cc1ccc(C(=O)Nc2cc(OC(F)(F)F)cc(N(C)CCN(C)C)c2)cc1-n1cc(-c2cnn(C)c2C)[nH]1. The van der Waals surface area contributed by atoms with E-state index in [2.05, 4.69) is 20.3 Å².